The summed E-state index contributed by atoms with van der Waals surface area (Å²) in [5.74, 6) is -9.68. The molecule has 2 fully saturated rings. The summed E-state index contributed by atoms with van der Waals surface area (Å²) in [6.45, 7) is 0. The molecule has 6 atom stereocenters. The summed E-state index contributed by atoms with van der Waals surface area (Å²) in [6, 6.07) is 0.714. The number of phenolic OH excluding ortho intramolecular Hbond substituents is 1. The first-order valence-electron chi connectivity index (χ1n) is 10.7. The molecule has 1 aromatic rings. The van der Waals surface area contributed by atoms with Gasteiger partial charge in [-0.3, -0.25) is 28.9 Å². The number of amides is 1. The third-order valence-corrected chi connectivity index (χ3v) is 8.95. The summed E-state index contributed by atoms with van der Waals surface area (Å²) < 4.78 is 0.781. The van der Waals surface area contributed by atoms with Gasteiger partial charge in [-0.2, -0.15) is 11.8 Å². The zero-order valence-corrected chi connectivity index (χ0v) is 21.8. The van der Waals surface area contributed by atoms with Crippen molar-refractivity contribution in [3.63, 3.8) is 0 Å². The average molecular weight is 600 g/mol. The number of likely N-dealkylation sites (N-methyl/N-ethyl adjacent to an activating group) is 1. The molecule has 1 aromatic carbocycles. The van der Waals surface area contributed by atoms with Crippen molar-refractivity contribution >= 4 is 63.4 Å². The van der Waals surface area contributed by atoms with Crippen LogP contribution in [0.4, 0.5) is 0 Å². The van der Waals surface area contributed by atoms with E-state index in [4.69, 9.17) is 5.73 Å². The fourth-order valence-electron chi connectivity index (χ4n) is 5.94. The summed E-state index contributed by atoms with van der Waals surface area (Å²) in [6.07, 6.45) is 2.18. The number of hydrogen-bond acceptors (Lipinski definition) is 9. The molecule has 0 aromatic heterocycles. The first kappa shape index (κ1) is 25.3. The van der Waals surface area contributed by atoms with Gasteiger partial charge in [0.15, 0.2) is 34.7 Å². The zero-order valence-electron chi connectivity index (χ0n) is 18.8. The molecule has 4 N–H and O–H groups in total. The van der Waals surface area contributed by atoms with E-state index in [1.165, 1.54) is 16.7 Å². The van der Waals surface area contributed by atoms with Crippen LogP contribution < -0.4 is 5.73 Å². The van der Waals surface area contributed by atoms with Crippen LogP contribution in [0.15, 0.2) is 6.07 Å². The number of aromatic hydroxyl groups is 1. The number of Topliss-reactive ketones (excluding diaryl/α,β-unsaturated/α-hetero) is 4. The summed E-state index contributed by atoms with van der Waals surface area (Å²) in [7, 11) is 3.12. The maximum Gasteiger partial charge on any atom is 0.235 e. The number of carbonyl (C=O) groups is 5. The van der Waals surface area contributed by atoms with Gasteiger partial charge in [-0.1, -0.05) is 0 Å². The van der Waals surface area contributed by atoms with Gasteiger partial charge < -0.3 is 15.9 Å². The largest absolute Gasteiger partial charge is 0.507 e. The molecule has 0 aliphatic heterocycles. The monoisotopic (exact) mass is 600 g/mol. The Morgan fingerprint density at radius 1 is 1.26 bits per heavy atom. The predicted molar refractivity (Wildman–Crippen MR) is 131 cm³/mol. The van der Waals surface area contributed by atoms with E-state index in [-0.39, 0.29) is 24.2 Å². The molecule has 11 heteroatoms. The number of fused-ring (bicyclic) bond motifs is 3. The highest BCUT2D eigenvalue weighted by Gasteiger charge is 2.69. The van der Waals surface area contributed by atoms with Gasteiger partial charge in [0.2, 0.25) is 5.91 Å². The van der Waals surface area contributed by atoms with Crippen molar-refractivity contribution in [2.24, 2.45) is 29.4 Å². The molecule has 182 valence electrons. The number of ketones is 4. The van der Waals surface area contributed by atoms with Crippen molar-refractivity contribution in [1.82, 2.24) is 4.90 Å². The van der Waals surface area contributed by atoms with Crippen molar-refractivity contribution in [2.75, 3.05) is 20.4 Å². The van der Waals surface area contributed by atoms with Gasteiger partial charge in [0.1, 0.15) is 5.75 Å². The molecule has 4 rings (SSSR count). The molecule has 0 radical (unpaired) electrons. The summed E-state index contributed by atoms with van der Waals surface area (Å²) in [4.78, 5) is 67.1. The minimum atomic E-state index is -2.70. The van der Waals surface area contributed by atoms with Crippen LogP contribution in [0.2, 0.25) is 0 Å². The molecule has 0 heterocycles. The van der Waals surface area contributed by atoms with Crippen LogP contribution >= 0.6 is 34.4 Å². The first-order valence-corrected chi connectivity index (χ1v) is 13.2. The third-order valence-electron chi connectivity index (χ3n) is 7.39. The maximum atomic E-state index is 13.7. The SMILES string of the molecule is CSCc1cc(I)c2c(c1O)C(=O)C1C(=O)C3(O)C(=O)C(C(N)=O)C(=O)C(N(C)C)C3CC1C2. The molecule has 3 aliphatic carbocycles. The number of hydrogen-bond donors (Lipinski definition) is 3. The molecular weight excluding hydrogens is 575 g/mol. The van der Waals surface area contributed by atoms with Crippen molar-refractivity contribution in [2.45, 2.75) is 30.2 Å². The molecule has 1 amide bonds. The standard InChI is InChI=1S/C23H25IN2O7S/c1-26(2)16-11-5-8-4-10-12(24)6-9(7-34-3)17(27)14(10)18(28)13(8)20(30)23(11,33)21(31)15(19(16)29)22(25)32/h6,8,11,13,15-16,27,33H,4-5,7H2,1-3H3,(H2,25,32). The molecule has 0 spiro atoms. The molecule has 6 unspecified atom stereocenters. The molecular formula is C23H25IN2O7S. The minimum Gasteiger partial charge on any atom is -0.507 e. The van der Waals surface area contributed by atoms with E-state index >= 15 is 0 Å². The zero-order chi connectivity index (χ0) is 25.3. The van der Waals surface area contributed by atoms with E-state index in [2.05, 4.69) is 22.6 Å². The normalized spacial score (nSPS) is 32.9. The fraction of sp³-hybridized carbons (Fsp3) is 0.522. The van der Waals surface area contributed by atoms with Gasteiger partial charge in [-0.25, -0.2) is 0 Å². The molecule has 3 aliphatic rings. The summed E-state index contributed by atoms with van der Waals surface area (Å²) >= 11 is 3.57. The maximum absolute atomic E-state index is 13.7. The fourth-order valence-corrected chi connectivity index (χ4v) is 7.34. The Hall–Kier alpha value is -1.83. The van der Waals surface area contributed by atoms with E-state index in [1.54, 1.807) is 14.1 Å². The lowest BCUT2D eigenvalue weighted by molar-refractivity contribution is -0.181. The molecule has 0 bridgehead atoms. The van der Waals surface area contributed by atoms with Gasteiger partial charge >= 0.3 is 0 Å². The molecule has 2 saturated carbocycles. The van der Waals surface area contributed by atoms with Crippen LogP contribution in [0.5, 0.6) is 5.75 Å². The van der Waals surface area contributed by atoms with Gasteiger partial charge in [-0.05, 0) is 73.3 Å². The van der Waals surface area contributed by atoms with Crippen molar-refractivity contribution in [3.8, 4) is 5.75 Å². The van der Waals surface area contributed by atoms with Crippen molar-refractivity contribution < 1.29 is 34.2 Å². The van der Waals surface area contributed by atoms with E-state index < -0.39 is 64.4 Å². The second-order valence-electron chi connectivity index (χ2n) is 9.44. The Bertz CT molecular complexity index is 1150. The number of aliphatic hydroxyl groups is 1. The Morgan fingerprint density at radius 3 is 2.47 bits per heavy atom. The predicted octanol–water partition coefficient (Wildman–Crippen LogP) is 0.335. The molecule has 9 nitrogen and oxygen atoms in total. The number of phenols is 1. The van der Waals surface area contributed by atoms with Crippen LogP contribution in [0, 0.1) is 27.2 Å². The van der Waals surface area contributed by atoms with E-state index in [9.17, 15) is 34.2 Å². The number of benzene rings is 1. The van der Waals surface area contributed by atoms with E-state index in [1.807, 2.05) is 12.3 Å². The smallest absolute Gasteiger partial charge is 0.235 e. The topological polar surface area (TPSA) is 155 Å². The van der Waals surface area contributed by atoms with Gasteiger partial charge in [-0.15, -0.1) is 0 Å². The van der Waals surface area contributed by atoms with Crippen LogP contribution in [0.1, 0.15) is 27.9 Å². The first-order chi connectivity index (χ1) is 15.9. The van der Waals surface area contributed by atoms with Crippen molar-refractivity contribution in [3.05, 3.63) is 26.3 Å². The number of carbonyl (C=O) groups excluding carboxylic acids is 5. The number of nitrogens with zero attached hydrogens (tertiary/aromatic N) is 1. The summed E-state index contributed by atoms with van der Waals surface area (Å²) in [5.41, 5.74) is 3.84. The van der Waals surface area contributed by atoms with Crippen LogP contribution in [-0.2, 0) is 31.4 Å². The van der Waals surface area contributed by atoms with Crippen LogP contribution in [0.25, 0.3) is 0 Å². The highest BCUT2D eigenvalue weighted by Crippen LogP contribution is 2.51. The number of thioether (sulfide) groups is 1. The van der Waals surface area contributed by atoms with Crippen molar-refractivity contribution in [1.29, 1.82) is 0 Å². The lowest BCUT2D eigenvalue weighted by Crippen LogP contribution is -2.74. The van der Waals surface area contributed by atoms with Crippen LogP contribution in [0.3, 0.4) is 0 Å². The quantitative estimate of drug-likeness (QED) is 0.328. The Labute approximate surface area is 213 Å². The Morgan fingerprint density at radius 2 is 1.91 bits per heavy atom. The Balaban J connectivity index is 1.87. The number of halogens is 1. The van der Waals surface area contributed by atoms with Gasteiger partial charge in [0.25, 0.3) is 0 Å². The number of nitrogens with two attached hydrogens (primary N) is 1. The second kappa shape index (κ2) is 8.68. The van der Waals surface area contributed by atoms with Gasteiger partial charge in [0.05, 0.1) is 17.5 Å². The highest BCUT2D eigenvalue weighted by molar-refractivity contribution is 14.1. The number of primary amides is 1. The lowest BCUT2D eigenvalue weighted by Gasteiger charge is -2.52. The lowest BCUT2D eigenvalue weighted by atomic mass is 9.52. The van der Waals surface area contributed by atoms with Crippen LogP contribution in [-0.4, -0.2) is 76.1 Å². The van der Waals surface area contributed by atoms with E-state index in [0.29, 0.717) is 16.9 Å². The molecule has 34 heavy (non-hydrogen) atoms. The Kier molecular flexibility index (Phi) is 6.45. The number of rotatable bonds is 4. The highest BCUT2D eigenvalue weighted by atomic mass is 127. The minimum absolute atomic E-state index is 0.0440. The second-order valence-corrected chi connectivity index (χ2v) is 11.5. The third kappa shape index (κ3) is 3.38. The molecule has 0 saturated heterocycles. The van der Waals surface area contributed by atoms with E-state index in [0.717, 1.165) is 3.57 Å². The average Bonchev–Trinajstić information content (AvgIpc) is 2.74. The van der Waals surface area contributed by atoms with Gasteiger partial charge in [0, 0.05) is 20.8 Å². The summed E-state index contributed by atoms with van der Waals surface area (Å²) in [5, 5.41) is 22.4.